The molecule has 0 spiro atoms. The van der Waals surface area contributed by atoms with Gasteiger partial charge in [0, 0.05) is 44.9 Å². The third-order valence-electron chi connectivity index (χ3n) is 7.39. The van der Waals surface area contributed by atoms with E-state index in [0.29, 0.717) is 12.2 Å². The molecule has 0 radical (unpaired) electrons. The minimum atomic E-state index is -1.26. The van der Waals surface area contributed by atoms with Crippen molar-refractivity contribution in [1.82, 2.24) is 10.6 Å². The second kappa shape index (κ2) is 13.8. The zero-order chi connectivity index (χ0) is 25.1. The van der Waals surface area contributed by atoms with E-state index < -0.39 is 11.9 Å². The Morgan fingerprint density at radius 2 is 1.59 bits per heavy atom. The number of methoxy groups -OCH3 is 1. The minimum Gasteiger partial charge on any atom is -0.478 e. The van der Waals surface area contributed by atoms with E-state index in [0.717, 1.165) is 43.4 Å². The van der Waals surface area contributed by atoms with Crippen LogP contribution in [-0.4, -0.2) is 60.5 Å². The summed E-state index contributed by atoms with van der Waals surface area (Å²) in [5.74, 6) is 0.111. The van der Waals surface area contributed by atoms with Crippen LogP contribution >= 0.6 is 0 Å². The molecule has 34 heavy (non-hydrogen) atoms. The quantitative estimate of drug-likeness (QED) is 0.190. The molecule has 7 nitrogen and oxygen atoms in total. The van der Waals surface area contributed by atoms with Crippen molar-refractivity contribution in [2.24, 2.45) is 17.8 Å². The van der Waals surface area contributed by atoms with Gasteiger partial charge in [-0.2, -0.15) is 0 Å². The average Bonchev–Trinajstić information content (AvgIpc) is 2.76. The summed E-state index contributed by atoms with van der Waals surface area (Å²) < 4.78 is 5.97. The average molecular weight is 477 g/mol. The maximum atomic E-state index is 9.55. The van der Waals surface area contributed by atoms with Crippen LogP contribution in [0.1, 0.15) is 65.7 Å². The molecule has 4 N–H and O–H groups in total. The highest BCUT2D eigenvalue weighted by Crippen LogP contribution is 2.56. The van der Waals surface area contributed by atoms with Gasteiger partial charge in [0.05, 0.1) is 5.60 Å². The summed E-state index contributed by atoms with van der Waals surface area (Å²) in [5.41, 5.74) is 3.15. The maximum absolute atomic E-state index is 9.55. The Hall–Kier alpha value is -1.96. The molecule has 0 aliphatic heterocycles. The number of carbonyl (C=O) groups is 2. The van der Waals surface area contributed by atoms with Crippen LogP contribution in [0.15, 0.2) is 35.5 Å². The molecule has 4 bridgehead atoms. The second-order valence-electron chi connectivity index (χ2n) is 10.4. The molecule has 0 aromatic carbocycles. The maximum Gasteiger partial charge on any atom is 0.328 e. The van der Waals surface area contributed by atoms with Crippen molar-refractivity contribution in [2.45, 2.75) is 77.4 Å². The summed E-state index contributed by atoms with van der Waals surface area (Å²) in [4.78, 5) is 19.1. The first-order valence-electron chi connectivity index (χ1n) is 12.6. The molecule has 2 atom stereocenters. The van der Waals surface area contributed by atoms with Gasteiger partial charge in [0.25, 0.3) is 0 Å². The molecule has 7 heteroatoms. The Morgan fingerprint density at radius 1 is 0.971 bits per heavy atom. The number of ether oxygens (including phenoxy) is 1. The molecule has 0 aromatic heterocycles. The van der Waals surface area contributed by atoms with Crippen LogP contribution in [0.5, 0.6) is 0 Å². The van der Waals surface area contributed by atoms with Gasteiger partial charge in [-0.25, -0.2) is 9.59 Å². The van der Waals surface area contributed by atoms with Crippen molar-refractivity contribution in [3.05, 3.63) is 35.5 Å². The van der Waals surface area contributed by atoms with Gasteiger partial charge in [-0.05, 0) is 83.5 Å². The van der Waals surface area contributed by atoms with Gasteiger partial charge in [0.1, 0.15) is 0 Å². The highest BCUT2D eigenvalue weighted by molar-refractivity contribution is 5.89. The molecule has 4 saturated carbocycles. The Balaban J connectivity index is 0.000000440. The number of allylic oxidation sites excluding steroid dienone is 3. The Bertz CT molecular complexity index is 737. The first-order valence-corrected chi connectivity index (χ1v) is 12.6. The number of rotatable bonds is 12. The number of aliphatic carboxylic acids is 2. The van der Waals surface area contributed by atoms with E-state index in [9.17, 15) is 9.59 Å². The lowest BCUT2D eigenvalue weighted by atomic mass is 9.52. The fourth-order valence-corrected chi connectivity index (χ4v) is 6.04. The van der Waals surface area contributed by atoms with Crippen LogP contribution in [0.25, 0.3) is 0 Å². The molecule has 4 fully saturated rings. The van der Waals surface area contributed by atoms with Crippen molar-refractivity contribution < 1.29 is 24.5 Å². The molecule has 4 aliphatic rings. The van der Waals surface area contributed by atoms with Gasteiger partial charge in [-0.15, -0.1) is 0 Å². The number of hydrogen-bond donors (Lipinski definition) is 4. The van der Waals surface area contributed by atoms with Crippen LogP contribution in [0.3, 0.4) is 0 Å². The molecule has 192 valence electrons. The normalized spacial score (nSPS) is 29.6. The molecule has 2 unspecified atom stereocenters. The third-order valence-corrected chi connectivity index (χ3v) is 7.39. The molecule has 0 saturated heterocycles. The zero-order valence-electron chi connectivity index (χ0n) is 21.3. The Kier molecular flexibility index (Phi) is 11.5. The fourth-order valence-electron chi connectivity index (χ4n) is 6.04. The summed E-state index contributed by atoms with van der Waals surface area (Å²) in [6.45, 7) is 9.74. The van der Waals surface area contributed by atoms with Crippen molar-refractivity contribution >= 4 is 11.9 Å². The van der Waals surface area contributed by atoms with E-state index in [1.54, 1.807) is 0 Å². The summed E-state index contributed by atoms with van der Waals surface area (Å²) in [5, 5.41) is 23.1. The number of nitrogens with one attached hydrogen (secondary N) is 2. The predicted octanol–water partition coefficient (Wildman–Crippen LogP) is 4.16. The molecule has 0 aromatic rings. The SMILES string of the molecule is COC12CC3CC(C1)C(NCCNC/C=C(\C)CCC=C(C)C)C(C3)C2.O=C(O)/C=C\C(=O)O. The lowest BCUT2D eigenvalue weighted by Crippen LogP contribution is -2.61. The van der Waals surface area contributed by atoms with Crippen LogP contribution in [-0.2, 0) is 14.3 Å². The van der Waals surface area contributed by atoms with Gasteiger partial charge in [-0.3, -0.25) is 0 Å². The Labute approximate surface area is 204 Å². The van der Waals surface area contributed by atoms with Crippen molar-refractivity contribution in [3.63, 3.8) is 0 Å². The summed E-state index contributed by atoms with van der Waals surface area (Å²) in [7, 11) is 1.94. The topological polar surface area (TPSA) is 108 Å². The lowest BCUT2D eigenvalue weighted by molar-refractivity contribution is -0.157. The first-order chi connectivity index (χ1) is 16.1. The minimum absolute atomic E-state index is 0.237. The molecule has 4 rings (SSSR count). The predicted molar refractivity (Wildman–Crippen MR) is 135 cm³/mol. The van der Waals surface area contributed by atoms with E-state index in [4.69, 9.17) is 14.9 Å². The van der Waals surface area contributed by atoms with Gasteiger partial charge in [0.15, 0.2) is 0 Å². The van der Waals surface area contributed by atoms with Gasteiger partial charge in [-0.1, -0.05) is 23.3 Å². The molecular formula is C27H44N2O5. The molecule has 4 aliphatic carbocycles. The smallest absolute Gasteiger partial charge is 0.328 e. The highest BCUT2D eigenvalue weighted by atomic mass is 16.5. The van der Waals surface area contributed by atoms with Gasteiger partial charge < -0.3 is 25.6 Å². The number of carboxylic acid groups (broad SMARTS) is 2. The van der Waals surface area contributed by atoms with Gasteiger partial charge >= 0.3 is 11.9 Å². The lowest BCUT2D eigenvalue weighted by Gasteiger charge is -2.59. The molecule has 0 amide bonds. The van der Waals surface area contributed by atoms with E-state index >= 15 is 0 Å². The Morgan fingerprint density at radius 3 is 2.12 bits per heavy atom. The first kappa shape index (κ1) is 28.3. The van der Waals surface area contributed by atoms with Gasteiger partial charge in [0.2, 0.25) is 0 Å². The molecule has 0 heterocycles. The zero-order valence-corrected chi connectivity index (χ0v) is 21.3. The summed E-state index contributed by atoms with van der Waals surface area (Å²) >= 11 is 0. The van der Waals surface area contributed by atoms with E-state index in [-0.39, 0.29) is 5.60 Å². The molecular weight excluding hydrogens is 432 g/mol. The van der Waals surface area contributed by atoms with Crippen molar-refractivity contribution in [2.75, 3.05) is 26.7 Å². The van der Waals surface area contributed by atoms with Crippen LogP contribution in [0, 0.1) is 17.8 Å². The third kappa shape index (κ3) is 9.35. The van der Waals surface area contributed by atoms with E-state index in [2.05, 4.69) is 43.6 Å². The number of hydrogen-bond acceptors (Lipinski definition) is 5. The van der Waals surface area contributed by atoms with Crippen LogP contribution in [0.4, 0.5) is 0 Å². The summed E-state index contributed by atoms with van der Waals surface area (Å²) in [6.07, 6.45) is 14.9. The largest absolute Gasteiger partial charge is 0.478 e. The highest BCUT2D eigenvalue weighted by Gasteiger charge is 2.55. The van der Waals surface area contributed by atoms with E-state index in [1.165, 1.54) is 56.1 Å². The van der Waals surface area contributed by atoms with Crippen LogP contribution < -0.4 is 10.6 Å². The number of carboxylic acids is 2. The fraction of sp³-hybridized carbons (Fsp3) is 0.704. The summed E-state index contributed by atoms with van der Waals surface area (Å²) in [6, 6.07) is 0.734. The second-order valence-corrected chi connectivity index (χ2v) is 10.4. The van der Waals surface area contributed by atoms with Crippen LogP contribution in [0.2, 0.25) is 0 Å². The standard InChI is InChI=1S/C23H40N2O.C4H4O4/c1-17(2)6-5-7-18(3)8-9-24-10-11-25-22-20-12-19-13-21(22)16-23(14-19,15-20)26-4;5-3(6)1-2-4(7)8/h6,8,19-22,24-25H,5,7,9-16H2,1-4H3;1-2H,(H,5,6)(H,7,8)/b18-8+;2-1-. The van der Waals surface area contributed by atoms with E-state index in [1.807, 2.05) is 7.11 Å². The van der Waals surface area contributed by atoms with Crippen molar-refractivity contribution in [1.29, 1.82) is 0 Å². The van der Waals surface area contributed by atoms with Crippen molar-refractivity contribution in [3.8, 4) is 0 Å². The monoisotopic (exact) mass is 476 g/mol.